The monoisotopic (exact) mass is 428 g/mol. The van der Waals surface area contributed by atoms with E-state index in [0.29, 0.717) is 13.2 Å². The zero-order chi connectivity index (χ0) is 22.1. The number of ether oxygens (including phenoxy) is 2. The number of aliphatic imine (C=N–C) groups is 1. The highest BCUT2D eigenvalue weighted by molar-refractivity contribution is 5.79. The van der Waals surface area contributed by atoms with Crippen molar-refractivity contribution in [2.24, 2.45) is 4.99 Å². The fourth-order valence-corrected chi connectivity index (χ4v) is 3.45. The van der Waals surface area contributed by atoms with Crippen molar-refractivity contribution >= 4 is 5.96 Å². The van der Waals surface area contributed by atoms with Crippen LogP contribution in [0.15, 0.2) is 47.5 Å². The highest BCUT2D eigenvalue weighted by atomic mass is 19.1. The van der Waals surface area contributed by atoms with Crippen molar-refractivity contribution in [1.82, 2.24) is 15.5 Å². The molecule has 168 valence electrons. The maximum Gasteiger partial charge on any atom is 0.191 e. The van der Waals surface area contributed by atoms with Crippen LogP contribution in [0.2, 0.25) is 0 Å². The number of benzene rings is 2. The molecule has 2 aromatic rings. The predicted molar refractivity (Wildman–Crippen MR) is 122 cm³/mol. The number of nitrogens with zero attached hydrogens (tertiary/aromatic N) is 2. The van der Waals surface area contributed by atoms with E-state index in [4.69, 9.17) is 9.47 Å². The Morgan fingerprint density at radius 1 is 1.23 bits per heavy atom. The van der Waals surface area contributed by atoms with Gasteiger partial charge >= 0.3 is 0 Å². The highest BCUT2D eigenvalue weighted by Gasteiger charge is 2.18. The van der Waals surface area contributed by atoms with E-state index >= 15 is 0 Å². The molecule has 0 amide bonds. The van der Waals surface area contributed by atoms with Gasteiger partial charge in [0, 0.05) is 45.2 Å². The summed E-state index contributed by atoms with van der Waals surface area (Å²) in [6.45, 7) is 6.44. The van der Waals surface area contributed by atoms with Crippen LogP contribution in [0.5, 0.6) is 5.75 Å². The van der Waals surface area contributed by atoms with Crippen molar-refractivity contribution in [1.29, 1.82) is 0 Å². The van der Waals surface area contributed by atoms with Crippen molar-refractivity contribution < 1.29 is 13.9 Å². The lowest BCUT2D eigenvalue weighted by molar-refractivity contribution is 0.140. The summed E-state index contributed by atoms with van der Waals surface area (Å²) in [5.41, 5.74) is 3.35. The molecule has 3 rings (SSSR count). The molecule has 0 aliphatic carbocycles. The number of hydrogen-bond donors (Lipinski definition) is 2. The Hall–Kier alpha value is -2.64. The van der Waals surface area contributed by atoms with E-state index in [1.165, 1.54) is 17.7 Å². The number of hydrogen-bond acceptors (Lipinski definition) is 4. The van der Waals surface area contributed by atoms with Crippen LogP contribution in [0.4, 0.5) is 4.39 Å². The molecule has 1 saturated heterocycles. The Balaban J connectivity index is 1.45. The van der Waals surface area contributed by atoms with Gasteiger partial charge in [0.25, 0.3) is 0 Å². The third kappa shape index (κ3) is 7.52. The Morgan fingerprint density at radius 3 is 2.74 bits per heavy atom. The Bertz CT molecular complexity index is 851. The first-order valence-electron chi connectivity index (χ1n) is 10.7. The zero-order valence-electron chi connectivity index (χ0n) is 18.7. The number of likely N-dealkylation sites (N-methyl/N-ethyl adjacent to an activating group) is 1. The summed E-state index contributed by atoms with van der Waals surface area (Å²) in [4.78, 5) is 6.50. The average Bonchev–Trinajstić information content (AvgIpc) is 3.26. The molecular formula is C24H33FN4O2. The maximum absolute atomic E-state index is 13.0. The van der Waals surface area contributed by atoms with Gasteiger partial charge in [-0.05, 0) is 43.3 Å². The van der Waals surface area contributed by atoms with Gasteiger partial charge in [-0.15, -0.1) is 0 Å². The van der Waals surface area contributed by atoms with Crippen LogP contribution in [0, 0.1) is 12.7 Å². The summed E-state index contributed by atoms with van der Waals surface area (Å²) in [6.07, 6.45) is 1.05. The van der Waals surface area contributed by atoms with Gasteiger partial charge in [-0.3, -0.25) is 4.99 Å². The summed E-state index contributed by atoms with van der Waals surface area (Å²) < 4.78 is 24.6. The second kappa shape index (κ2) is 11.7. The van der Waals surface area contributed by atoms with Gasteiger partial charge in [0.05, 0.1) is 13.2 Å². The molecule has 1 atom stereocenters. The van der Waals surface area contributed by atoms with Crippen LogP contribution in [0.25, 0.3) is 0 Å². The van der Waals surface area contributed by atoms with Gasteiger partial charge < -0.3 is 25.0 Å². The summed E-state index contributed by atoms with van der Waals surface area (Å²) >= 11 is 0. The van der Waals surface area contributed by atoms with E-state index in [0.717, 1.165) is 55.5 Å². The van der Waals surface area contributed by atoms with E-state index in [1.807, 2.05) is 19.2 Å². The van der Waals surface area contributed by atoms with Gasteiger partial charge in [-0.25, -0.2) is 4.39 Å². The molecule has 0 saturated carbocycles. The summed E-state index contributed by atoms with van der Waals surface area (Å²) in [7, 11) is 3.81. The Labute approximate surface area is 184 Å². The first-order valence-corrected chi connectivity index (χ1v) is 10.7. The van der Waals surface area contributed by atoms with E-state index in [9.17, 15) is 4.39 Å². The number of nitrogens with one attached hydrogen (secondary N) is 2. The second-order valence-electron chi connectivity index (χ2n) is 7.93. The minimum Gasteiger partial charge on any atom is -0.488 e. The van der Waals surface area contributed by atoms with Gasteiger partial charge in [-0.2, -0.15) is 0 Å². The van der Waals surface area contributed by atoms with E-state index in [2.05, 4.69) is 45.6 Å². The summed E-state index contributed by atoms with van der Waals surface area (Å²) in [5.74, 6) is 1.44. The number of rotatable bonds is 9. The molecule has 0 bridgehead atoms. The molecule has 2 aromatic carbocycles. The van der Waals surface area contributed by atoms with Gasteiger partial charge in [0.2, 0.25) is 0 Å². The lowest BCUT2D eigenvalue weighted by Crippen LogP contribution is -2.40. The van der Waals surface area contributed by atoms with Crippen molar-refractivity contribution in [2.45, 2.75) is 32.5 Å². The van der Waals surface area contributed by atoms with E-state index in [1.54, 1.807) is 7.05 Å². The lowest BCUT2D eigenvalue weighted by atomic mass is 10.1. The molecule has 1 aliphatic heterocycles. The maximum atomic E-state index is 13.0. The lowest BCUT2D eigenvalue weighted by Gasteiger charge is -2.19. The van der Waals surface area contributed by atoms with Crippen LogP contribution in [-0.4, -0.2) is 57.4 Å². The minimum absolute atomic E-state index is 0.120. The van der Waals surface area contributed by atoms with Crippen molar-refractivity contribution in [3.63, 3.8) is 0 Å². The van der Waals surface area contributed by atoms with E-state index in [-0.39, 0.29) is 11.9 Å². The molecule has 0 aromatic heterocycles. The third-order valence-corrected chi connectivity index (χ3v) is 5.23. The smallest absolute Gasteiger partial charge is 0.191 e. The normalized spacial score (nSPS) is 16.5. The standard InChI is InChI=1S/C24H33FN4O2/c1-18-4-7-20(23(14-18)31-22-10-13-30-17-22)15-28-24(26-2)27-11-12-29(3)16-19-5-8-21(25)9-6-19/h4-9,14,22H,10-13,15-17H2,1-3H3,(H2,26,27,28). The first kappa shape index (κ1) is 23.0. The van der Waals surface area contributed by atoms with Gasteiger partial charge in [-0.1, -0.05) is 24.3 Å². The van der Waals surface area contributed by atoms with Crippen molar-refractivity contribution in [3.05, 3.63) is 65.0 Å². The summed E-state index contributed by atoms with van der Waals surface area (Å²) in [6, 6.07) is 12.9. The van der Waals surface area contributed by atoms with Crippen LogP contribution >= 0.6 is 0 Å². The topological polar surface area (TPSA) is 58.1 Å². The number of aryl methyl sites for hydroxylation is 1. The SMILES string of the molecule is CN=C(NCCN(C)Cc1ccc(F)cc1)NCc1ccc(C)cc1OC1CCOC1. The van der Waals surface area contributed by atoms with Crippen LogP contribution in [0.1, 0.15) is 23.1 Å². The van der Waals surface area contributed by atoms with Crippen molar-refractivity contribution in [2.75, 3.05) is 40.4 Å². The molecule has 0 radical (unpaired) electrons. The average molecular weight is 429 g/mol. The zero-order valence-corrected chi connectivity index (χ0v) is 18.7. The Kier molecular flexibility index (Phi) is 8.67. The quantitative estimate of drug-likeness (QED) is 0.475. The molecular weight excluding hydrogens is 395 g/mol. The van der Waals surface area contributed by atoms with Crippen LogP contribution in [-0.2, 0) is 17.8 Å². The second-order valence-corrected chi connectivity index (χ2v) is 7.93. The minimum atomic E-state index is -0.207. The Morgan fingerprint density at radius 2 is 2.03 bits per heavy atom. The number of guanidine groups is 1. The highest BCUT2D eigenvalue weighted by Crippen LogP contribution is 2.23. The van der Waals surface area contributed by atoms with Crippen molar-refractivity contribution in [3.8, 4) is 5.75 Å². The molecule has 31 heavy (non-hydrogen) atoms. The molecule has 1 aliphatic rings. The molecule has 1 heterocycles. The fourth-order valence-electron chi connectivity index (χ4n) is 3.45. The van der Waals surface area contributed by atoms with Crippen LogP contribution < -0.4 is 15.4 Å². The van der Waals surface area contributed by atoms with Gasteiger partial charge in [0.1, 0.15) is 17.7 Å². The largest absolute Gasteiger partial charge is 0.488 e. The third-order valence-electron chi connectivity index (χ3n) is 5.23. The molecule has 2 N–H and O–H groups in total. The molecule has 1 fully saturated rings. The van der Waals surface area contributed by atoms with Gasteiger partial charge in [0.15, 0.2) is 5.96 Å². The molecule has 6 nitrogen and oxygen atoms in total. The van der Waals surface area contributed by atoms with E-state index < -0.39 is 0 Å². The molecule has 7 heteroatoms. The van der Waals surface area contributed by atoms with Crippen LogP contribution in [0.3, 0.4) is 0 Å². The first-order chi connectivity index (χ1) is 15.0. The predicted octanol–water partition coefficient (Wildman–Crippen LogP) is 3.10. The fraction of sp³-hybridized carbons (Fsp3) is 0.458. The number of halogens is 1. The molecule has 1 unspecified atom stereocenters. The molecule has 0 spiro atoms. The summed E-state index contributed by atoms with van der Waals surface area (Å²) in [5, 5.41) is 6.71.